The van der Waals surface area contributed by atoms with Gasteiger partial charge in [0, 0.05) is 18.3 Å². The molecule has 1 aromatic heterocycles. The van der Waals surface area contributed by atoms with Gasteiger partial charge in [0.1, 0.15) is 11.1 Å². The molecule has 4 rings (SSSR count). The number of halogens is 1. The molecule has 0 bridgehead atoms. The van der Waals surface area contributed by atoms with Crippen LogP contribution in [0.15, 0.2) is 78.0 Å². The number of benzene rings is 3. The summed E-state index contributed by atoms with van der Waals surface area (Å²) in [7, 11) is 1.84. The fourth-order valence-electron chi connectivity index (χ4n) is 3.34. The maximum atomic E-state index is 13.4. The maximum absolute atomic E-state index is 13.4. The van der Waals surface area contributed by atoms with E-state index < -0.39 is 5.25 Å². The highest BCUT2D eigenvalue weighted by atomic mass is 32.2. The molecule has 0 aliphatic heterocycles. The first-order valence-corrected chi connectivity index (χ1v) is 11.1. The van der Waals surface area contributed by atoms with Crippen LogP contribution in [0.5, 0.6) is 0 Å². The van der Waals surface area contributed by atoms with Crippen LogP contribution >= 0.6 is 11.8 Å². The van der Waals surface area contributed by atoms with Crippen molar-refractivity contribution in [1.82, 2.24) is 14.8 Å². The van der Waals surface area contributed by atoms with E-state index in [1.807, 2.05) is 74.0 Å². The summed E-state index contributed by atoms with van der Waals surface area (Å²) < 4.78 is 15.1. The van der Waals surface area contributed by atoms with Crippen LogP contribution in [0.4, 0.5) is 10.1 Å². The topological polar surface area (TPSA) is 59.8 Å². The minimum atomic E-state index is -0.528. The zero-order valence-electron chi connectivity index (χ0n) is 18.0. The average molecular weight is 447 g/mol. The van der Waals surface area contributed by atoms with Gasteiger partial charge in [0.05, 0.1) is 0 Å². The summed E-state index contributed by atoms with van der Waals surface area (Å²) in [6.45, 7) is 3.96. The lowest BCUT2D eigenvalue weighted by Gasteiger charge is -2.18. The molecule has 162 valence electrons. The third-order valence-electron chi connectivity index (χ3n) is 5.15. The largest absolute Gasteiger partial charge is 0.325 e. The highest BCUT2D eigenvalue weighted by Crippen LogP contribution is 2.36. The van der Waals surface area contributed by atoms with Crippen LogP contribution in [0.1, 0.15) is 21.9 Å². The number of carbonyl (C=O) groups excluding carboxylic acids is 1. The van der Waals surface area contributed by atoms with Gasteiger partial charge in [-0.3, -0.25) is 4.79 Å². The Morgan fingerprint density at radius 1 is 1.00 bits per heavy atom. The highest BCUT2D eigenvalue weighted by molar-refractivity contribution is 8.00. The van der Waals surface area contributed by atoms with Gasteiger partial charge < -0.3 is 9.88 Å². The Kier molecular flexibility index (Phi) is 6.37. The van der Waals surface area contributed by atoms with E-state index in [2.05, 4.69) is 15.5 Å². The van der Waals surface area contributed by atoms with Crippen molar-refractivity contribution in [2.75, 3.05) is 5.32 Å². The molecular weight excluding hydrogens is 423 g/mol. The van der Waals surface area contributed by atoms with E-state index in [1.165, 1.54) is 23.9 Å². The summed E-state index contributed by atoms with van der Waals surface area (Å²) in [5.41, 5.74) is 4.49. The SMILES string of the molecule is Cc1ccc(C)c(NC(=O)C(Sc2nnc(-c3ccc(F)cc3)n2C)c2ccccc2)c1. The number of thioether (sulfide) groups is 1. The average Bonchev–Trinajstić information content (AvgIpc) is 3.15. The van der Waals surface area contributed by atoms with Crippen molar-refractivity contribution in [3.8, 4) is 11.4 Å². The molecule has 1 atom stereocenters. The van der Waals surface area contributed by atoms with Gasteiger partial charge >= 0.3 is 0 Å². The molecule has 4 aromatic rings. The van der Waals surface area contributed by atoms with Crippen LogP contribution in [0.25, 0.3) is 11.4 Å². The molecule has 1 N–H and O–H groups in total. The van der Waals surface area contributed by atoms with Crippen LogP contribution in [0.3, 0.4) is 0 Å². The normalized spacial score (nSPS) is 11.9. The molecule has 0 fully saturated rings. The summed E-state index contributed by atoms with van der Waals surface area (Å²) in [5, 5.41) is 11.7. The molecule has 5 nitrogen and oxygen atoms in total. The number of anilines is 1. The first kappa shape index (κ1) is 21.8. The molecular formula is C25H23FN4OS. The van der Waals surface area contributed by atoms with Gasteiger partial charge in [0.25, 0.3) is 0 Å². The zero-order valence-corrected chi connectivity index (χ0v) is 18.9. The number of amides is 1. The van der Waals surface area contributed by atoms with Crippen LogP contribution in [-0.4, -0.2) is 20.7 Å². The summed E-state index contributed by atoms with van der Waals surface area (Å²) in [6, 6.07) is 21.7. The first-order valence-electron chi connectivity index (χ1n) is 10.2. The lowest BCUT2D eigenvalue weighted by Crippen LogP contribution is -2.20. The third-order valence-corrected chi connectivity index (χ3v) is 6.44. The standard InChI is InChI=1S/C25H23FN4OS/c1-16-9-10-17(2)21(15-16)27-24(31)22(18-7-5-4-6-8-18)32-25-29-28-23(30(25)3)19-11-13-20(26)14-12-19/h4-15,22H,1-3H3,(H,27,31). The summed E-state index contributed by atoms with van der Waals surface area (Å²) in [6.07, 6.45) is 0. The van der Waals surface area contributed by atoms with Crippen molar-refractivity contribution in [3.63, 3.8) is 0 Å². The second-order valence-corrected chi connectivity index (χ2v) is 8.66. The van der Waals surface area contributed by atoms with Crippen molar-refractivity contribution in [2.45, 2.75) is 24.3 Å². The van der Waals surface area contributed by atoms with E-state index in [0.717, 1.165) is 27.9 Å². The zero-order chi connectivity index (χ0) is 22.7. The molecule has 1 heterocycles. The van der Waals surface area contributed by atoms with Crippen LogP contribution in [0.2, 0.25) is 0 Å². The second-order valence-electron chi connectivity index (χ2n) is 7.59. The number of hydrogen-bond donors (Lipinski definition) is 1. The highest BCUT2D eigenvalue weighted by Gasteiger charge is 2.25. The Balaban J connectivity index is 1.64. The number of nitrogens with one attached hydrogen (secondary N) is 1. The Morgan fingerprint density at radius 3 is 2.44 bits per heavy atom. The van der Waals surface area contributed by atoms with Crippen LogP contribution in [-0.2, 0) is 11.8 Å². The maximum Gasteiger partial charge on any atom is 0.242 e. The van der Waals surface area contributed by atoms with E-state index in [9.17, 15) is 9.18 Å². The first-order chi connectivity index (χ1) is 15.4. The Bertz CT molecular complexity index is 1240. The van der Waals surface area contributed by atoms with Crippen molar-refractivity contribution in [1.29, 1.82) is 0 Å². The molecule has 3 aromatic carbocycles. The third kappa shape index (κ3) is 4.73. The minimum Gasteiger partial charge on any atom is -0.325 e. The molecule has 0 radical (unpaired) electrons. The molecule has 0 aliphatic rings. The van der Waals surface area contributed by atoms with E-state index in [0.29, 0.717) is 11.0 Å². The van der Waals surface area contributed by atoms with Crippen molar-refractivity contribution in [3.05, 3.63) is 95.3 Å². The number of nitrogens with zero attached hydrogens (tertiary/aromatic N) is 3. The fraction of sp³-hybridized carbons (Fsp3) is 0.160. The summed E-state index contributed by atoms with van der Waals surface area (Å²) >= 11 is 1.33. The molecule has 0 spiro atoms. The Hall–Kier alpha value is -3.45. The quantitative estimate of drug-likeness (QED) is 0.386. The van der Waals surface area contributed by atoms with Gasteiger partial charge in [0.2, 0.25) is 5.91 Å². The number of rotatable bonds is 6. The van der Waals surface area contributed by atoms with E-state index in [4.69, 9.17) is 0 Å². The monoisotopic (exact) mass is 446 g/mol. The predicted octanol–water partition coefficient (Wildman–Crippen LogP) is 5.71. The van der Waals surface area contributed by atoms with Gasteiger partial charge in [-0.1, -0.05) is 54.2 Å². The molecule has 1 amide bonds. The lowest BCUT2D eigenvalue weighted by atomic mass is 10.1. The molecule has 0 saturated heterocycles. The van der Waals surface area contributed by atoms with Crippen molar-refractivity contribution in [2.24, 2.45) is 7.05 Å². The molecule has 0 saturated carbocycles. The molecule has 32 heavy (non-hydrogen) atoms. The van der Waals surface area contributed by atoms with E-state index in [1.54, 1.807) is 12.1 Å². The predicted molar refractivity (Wildman–Crippen MR) is 126 cm³/mol. The van der Waals surface area contributed by atoms with Gasteiger partial charge in [-0.15, -0.1) is 10.2 Å². The molecule has 1 unspecified atom stereocenters. The van der Waals surface area contributed by atoms with Gasteiger partial charge in [-0.05, 0) is 60.9 Å². The smallest absolute Gasteiger partial charge is 0.242 e. The van der Waals surface area contributed by atoms with Gasteiger partial charge in [0.15, 0.2) is 11.0 Å². The van der Waals surface area contributed by atoms with Crippen LogP contribution < -0.4 is 5.32 Å². The number of hydrogen-bond acceptors (Lipinski definition) is 4. The van der Waals surface area contributed by atoms with Gasteiger partial charge in [-0.2, -0.15) is 0 Å². The lowest BCUT2D eigenvalue weighted by molar-refractivity contribution is -0.115. The second kappa shape index (κ2) is 9.36. The number of aryl methyl sites for hydroxylation is 2. The number of carbonyl (C=O) groups is 1. The summed E-state index contributed by atoms with van der Waals surface area (Å²) in [5.74, 6) is 0.160. The number of aromatic nitrogens is 3. The fourth-order valence-corrected chi connectivity index (χ4v) is 4.35. The summed E-state index contributed by atoms with van der Waals surface area (Å²) in [4.78, 5) is 13.4. The minimum absolute atomic E-state index is 0.138. The van der Waals surface area contributed by atoms with Crippen molar-refractivity contribution >= 4 is 23.4 Å². The van der Waals surface area contributed by atoms with Crippen LogP contribution in [0, 0.1) is 19.7 Å². The Morgan fingerprint density at radius 2 is 1.72 bits per heavy atom. The molecule has 0 aliphatic carbocycles. The van der Waals surface area contributed by atoms with Gasteiger partial charge in [-0.25, -0.2) is 4.39 Å². The van der Waals surface area contributed by atoms with Crippen molar-refractivity contribution < 1.29 is 9.18 Å². The van der Waals surface area contributed by atoms with E-state index in [-0.39, 0.29) is 11.7 Å². The molecule has 7 heteroatoms. The Labute approximate surface area is 190 Å². The van der Waals surface area contributed by atoms with E-state index >= 15 is 0 Å².